The number of amides is 1. The van der Waals surface area contributed by atoms with E-state index in [1.807, 2.05) is 0 Å². The van der Waals surface area contributed by atoms with E-state index in [9.17, 15) is 18.0 Å². The summed E-state index contributed by atoms with van der Waals surface area (Å²) in [5.41, 5.74) is 0.335. The molecule has 2 aromatic carbocycles. The number of anilines is 1. The van der Waals surface area contributed by atoms with Gasteiger partial charge < -0.3 is 19.5 Å². The maximum Gasteiger partial charge on any atom is 0.324 e. The van der Waals surface area contributed by atoms with Gasteiger partial charge in [-0.3, -0.25) is 9.59 Å². The molecule has 0 unspecified atom stereocenters. The standard InChI is InChI=1S/C21H24N2O7S/c1-28-15-11-14(12-16(13-15)29-2)20(24)22-17-7-4-5-9-19(17)31(26,27)23-10-6-8-18(23)21(25)30-3/h4-5,7,9,11-13,18H,6,8,10H2,1-3H3,(H,22,24)/t18-/m0/s1. The molecule has 1 saturated heterocycles. The van der Waals surface area contributed by atoms with Crippen LogP contribution >= 0.6 is 0 Å². The number of nitrogens with zero attached hydrogens (tertiary/aromatic N) is 1. The molecule has 1 aliphatic heterocycles. The number of methoxy groups -OCH3 is 3. The predicted octanol–water partition coefficient (Wildman–Crippen LogP) is 2.28. The average molecular weight is 448 g/mol. The van der Waals surface area contributed by atoms with Crippen LogP contribution in [-0.2, 0) is 19.6 Å². The summed E-state index contributed by atoms with van der Waals surface area (Å²) < 4.78 is 42.9. The zero-order valence-corrected chi connectivity index (χ0v) is 18.3. The van der Waals surface area contributed by atoms with Crippen molar-refractivity contribution in [3.05, 3.63) is 48.0 Å². The number of nitrogens with one attached hydrogen (secondary N) is 1. The van der Waals surface area contributed by atoms with Crippen molar-refractivity contribution in [1.29, 1.82) is 0 Å². The maximum absolute atomic E-state index is 13.3. The number of rotatable bonds is 7. The third-order valence-electron chi connectivity index (χ3n) is 5.01. The minimum atomic E-state index is -4.06. The van der Waals surface area contributed by atoms with Crippen molar-refractivity contribution < 1.29 is 32.2 Å². The monoisotopic (exact) mass is 448 g/mol. The normalized spacial score (nSPS) is 16.5. The van der Waals surface area contributed by atoms with Crippen molar-refractivity contribution in [3.8, 4) is 11.5 Å². The average Bonchev–Trinajstić information content (AvgIpc) is 3.29. The number of hydrogen-bond acceptors (Lipinski definition) is 7. The van der Waals surface area contributed by atoms with Gasteiger partial charge in [-0.05, 0) is 37.1 Å². The molecule has 1 amide bonds. The van der Waals surface area contributed by atoms with E-state index >= 15 is 0 Å². The summed E-state index contributed by atoms with van der Waals surface area (Å²) in [6.07, 6.45) is 0.918. The highest BCUT2D eigenvalue weighted by atomic mass is 32.2. The van der Waals surface area contributed by atoms with Crippen LogP contribution < -0.4 is 14.8 Å². The fraction of sp³-hybridized carbons (Fsp3) is 0.333. The summed E-state index contributed by atoms with van der Waals surface area (Å²) in [6.45, 7) is 0.192. The molecule has 1 N–H and O–H groups in total. The lowest BCUT2D eigenvalue weighted by molar-refractivity contribution is -0.144. The Labute approximate surface area is 181 Å². The topological polar surface area (TPSA) is 111 Å². The number of hydrogen-bond donors (Lipinski definition) is 1. The lowest BCUT2D eigenvalue weighted by Gasteiger charge is -2.23. The molecule has 0 bridgehead atoms. The zero-order valence-electron chi connectivity index (χ0n) is 17.5. The largest absolute Gasteiger partial charge is 0.497 e. The Bertz CT molecular complexity index is 1060. The van der Waals surface area contributed by atoms with Crippen molar-refractivity contribution in [2.24, 2.45) is 0 Å². The van der Waals surface area contributed by atoms with Gasteiger partial charge in [-0.15, -0.1) is 0 Å². The van der Waals surface area contributed by atoms with Crippen molar-refractivity contribution in [1.82, 2.24) is 4.31 Å². The smallest absolute Gasteiger partial charge is 0.324 e. The summed E-state index contributed by atoms with van der Waals surface area (Å²) in [6, 6.07) is 9.82. The van der Waals surface area contributed by atoms with Crippen molar-refractivity contribution in [2.45, 2.75) is 23.8 Å². The van der Waals surface area contributed by atoms with E-state index in [-0.39, 0.29) is 22.7 Å². The summed E-state index contributed by atoms with van der Waals surface area (Å²) in [7, 11) is 0.0943. The van der Waals surface area contributed by atoms with Crippen LogP contribution in [0.3, 0.4) is 0 Å². The number of benzene rings is 2. The number of para-hydroxylation sites is 1. The van der Waals surface area contributed by atoms with E-state index in [1.165, 1.54) is 45.6 Å². The maximum atomic E-state index is 13.3. The number of sulfonamides is 1. The molecule has 0 spiro atoms. The second kappa shape index (κ2) is 9.36. The summed E-state index contributed by atoms with van der Waals surface area (Å²) in [5.74, 6) is -0.302. The van der Waals surface area contributed by atoms with Crippen LogP contribution in [0.4, 0.5) is 5.69 Å². The molecule has 31 heavy (non-hydrogen) atoms. The molecule has 1 aliphatic rings. The Kier molecular flexibility index (Phi) is 6.81. The molecular formula is C21H24N2O7S. The van der Waals surface area contributed by atoms with Gasteiger partial charge in [-0.25, -0.2) is 8.42 Å². The van der Waals surface area contributed by atoms with Crippen LogP contribution in [0.5, 0.6) is 11.5 Å². The van der Waals surface area contributed by atoms with Gasteiger partial charge in [0.25, 0.3) is 5.91 Å². The van der Waals surface area contributed by atoms with Gasteiger partial charge in [0, 0.05) is 18.2 Å². The number of esters is 1. The molecule has 166 valence electrons. The Morgan fingerprint density at radius 3 is 2.29 bits per heavy atom. The fourth-order valence-corrected chi connectivity index (χ4v) is 5.25. The van der Waals surface area contributed by atoms with Crippen molar-refractivity contribution in [2.75, 3.05) is 33.2 Å². The van der Waals surface area contributed by atoms with Gasteiger partial charge in [-0.2, -0.15) is 4.31 Å². The Morgan fingerprint density at radius 2 is 1.68 bits per heavy atom. The van der Waals surface area contributed by atoms with E-state index in [1.54, 1.807) is 18.2 Å². The minimum Gasteiger partial charge on any atom is -0.497 e. The second-order valence-corrected chi connectivity index (χ2v) is 8.71. The van der Waals surface area contributed by atoms with Gasteiger partial charge in [-0.1, -0.05) is 12.1 Å². The molecule has 3 rings (SSSR count). The first-order valence-corrected chi connectivity index (χ1v) is 11.0. The highest BCUT2D eigenvalue weighted by Crippen LogP contribution is 2.31. The molecule has 0 radical (unpaired) electrons. The molecule has 0 aliphatic carbocycles. The second-order valence-electron chi connectivity index (χ2n) is 6.85. The summed E-state index contributed by atoms with van der Waals surface area (Å²) in [5, 5.41) is 2.65. The van der Waals surface area contributed by atoms with Gasteiger partial charge in [0.1, 0.15) is 22.4 Å². The molecule has 0 saturated carbocycles. The molecular weight excluding hydrogens is 424 g/mol. The summed E-state index contributed by atoms with van der Waals surface area (Å²) in [4.78, 5) is 24.8. The first-order chi connectivity index (χ1) is 14.8. The molecule has 0 aromatic heterocycles. The third-order valence-corrected chi connectivity index (χ3v) is 6.98. The van der Waals surface area contributed by atoms with Crippen molar-refractivity contribution >= 4 is 27.6 Å². The van der Waals surface area contributed by atoms with Crippen LogP contribution in [0.15, 0.2) is 47.4 Å². The van der Waals surface area contributed by atoms with E-state index in [2.05, 4.69) is 5.32 Å². The van der Waals surface area contributed by atoms with Gasteiger partial charge in [0.2, 0.25) is 10.0 Å². The first kappa shape index (κ1) is 22.6. The van der Waals surface area contributed by atoms with Gasteiger partial charge >= 0.3 is 5.97 Å². The number of ether oxygens (including phenoxy) is 3. The lowest BCUT2D eigenvalue weighted by Crippen LogP contribution is -2.41. The Balaban J connectivity index is 1.94. The van der Waals surface area contributed by atoms with Crippen LogP contribution in [0, 0.1) is 0 Å². The van der Waals surface area contributed by atoms with E-state index < -0.39 is 27.9 Å². The Hall–Kier alpha value is -3.11. The van der Waals surface area contributed by atoms with Gasteiger partial charge in [0.05, 0.1) is 27.0 Å². The molecule has 1 atom stereocenters. The fourth-order valence-electron chi connectivity index (χ4n) is 3.45. The van der Waals surface area contributed by atoms with Crippen molar-refractivity contribution in [3.63, 3.8) is 0 Å². The number of carbonyl (C=O) groups is 2. The molecule has 1 fully saturated rings. The third kappa shape index (κ3) is 4.64. The van der Waals surface area contributed by atoms with Crippen LogP contribution in [0.25, 0.3) is 0 Å². The Morgan fingerprint density at radius 1 is 1.03 bits per heavy atom. The zero-order chi connectivity index (χ0) is 22.6. The van der Waals surface area contributed by atoms with E-state index in [0.29, 0.717) is 24.3 Å². The van der Waals surface area contributed by atoms with E-state index in [4.69, 9.17) is 14.2 Å². The SMILES string of the molecule is COC(=O)[C@@H]1CCCN1S(=O)(=O)c1ccccc1NC(=O)c1cc(OC)cc(OC)c1. The van der Waals surface area contributed by atoms with Crippen LogP contribution in [0.2, 0.25) is 0 Å². The summed E-state index contributed by atoms with van der Waals surface area (Å²) >= 11 is 0. The quantitative estimate of drug-likeness (QED) is 0.647. The van der Waals surface area contributed by atoms with Crippen LogP contribution in [0.1, 0.15) is 23.2 Å². The predicted molar refractivity (Wildman–Crippen MR) is 113 cm³/mol. The molecule has 1 heterocycles. The molecule has 9 nitrogen and oxygen atoms in total. The molecule has 2 aromatic rings. The minimum absolute atomic E-state index is 0.102. The van der Waals surface area contributed by atoms with E-state index in [0.717, 1.165) is 4.31 Å². The van der Waals surface area contributed by atoms with Gasteiger partial charge in [0.15, 0.2) is 0 Å². The number of carbonyl (C=O) groups excluding carboxylic acids is 2. The lowest BCUT2D eigenvalue weighted by atomic mass is 10.2. The first-order valence-electron chi connectivity index (χ1n) is 9.55. The molecule has 10 heteroatoms. The highest BCUT2D eigenvalue weighted by Gasteiger charge is 2.41. The van der Waals surface area contributed by atoms with Crippen LogP contribution in [-0.4, -0.2) is 58.5 Å². The highest BCUT2D eigenvalue weighted by molar-refractivity contribution is 7.89.